The Balaban J connectivity index is 2.97. The second-order valence-electron chi connectivity index (χ2n) is 2.19. The highest BCUT2D eigenvalue weighted by Gasteiger charge is 1.94. The first-order chi connectivity index (χ1) is 4.81. The lowest BCUT2D eigenvalue weighted by Crippen LogP contribution is -2.24. The van der Waals surface area contributed by atoms with Gasteiger partial charge in [-0.05, 0) is 14.0 Å². The van der Waals surface area contributed by atoms with Gasteiger partial charge in [0, 0.05) is 25.0 Å². The Hall–Kier alpha value is 0.400. The van der Waals surface area contributed by atoms with E-state index in [0.29, 0.717) is 0 Å². The maximum atomic E-state index is 5.19. The predicted octanol–water partition coefficient (Wildman–Crippen LogP) is 1.35. The molecule has 0 radical (unpaired) electrons. The van der Waals surface area contributed by atoms with Gasteiger partial charge < -0.3 is 9.64 Å². The van der Waals surface area contributed by atoms with Crippen LogP contribution >= 0.6 is 15.9 Å². The first-order valence-corrected chi connectivity index (χ1v) is 4.75. The van der Waals surface area contributed by atoms with E-state index in [1.807, 2.05) is 6.92 Å². The second kappa shape index (κ2) is 7.51. The van der Waals surface area contributed by atoms with Crippen LogP contribution in [0.25, 0.3) is 0 Å². The molecule has 0 spiro atoms. The monoisotopic (exact) mass is 209 g/mol. The van der Waals surface area contributed by atoms with Crippen LogP contribution < -0.4 is 0 Å². The minimum Gasteiger partial charge on any atom is -0.380 e. The smallest absolute Gasteiger partial charge is 0.0593 e. The summed E-state index contributed by atoms with van der Waals surface area (Å²) in [6.45, 7) is 5.80. The van der Waals surface area contributed by atoms with Crippen molar-refractivity contribution in [3.63, 3.8) is 0 Å². The molecule has 0 atom stereocenters. The highest BCUT2D eigenvalue weighted by atomic mass is 79.9. The van der Waals surface area contributed by atoms with Crippen LogP contribution in [0.15, 0.2) is 0 Å². The van der Waals surface area contributed by atoms with Crippen molar-refractivity contribution in [2.45, 2.75) is 6.92 Å². The van der Waals surface area contributed by atoms with Crippen LogP contribution in [0.3, 0.4) is 0 Å². The number of alkyl halides is 1. The third-order valence-electron chi connectivity index (χ3n) is 1.29. The van der Waals surface area contributed by atoms with Crippen LogP contribution in [-0.2, 0) is 4.74 Å². The van der Waals surface area contributed by atoms with Crippen LogP contribution in [0.4, 0.5) is 0 Å². The quantitative estimate of drug-likeness (QED) is 0.484. The van der Waals surface area contributed by atoms with Crippen molar-refractivity contribution in [2.24, 2.45) is 0 Å². The van der Waals surface area contributed by atoms with Crippen molar-refractivity contribution in [3.05, 3.63) is 0 Å². The van der Waals surface area contributed by atoms with Crippen molar-refractivity contribution in [2.75, 3.05) is 38.7 Å². The van der Waals surface area contributed by atoms with Gasteiger partial charge in [-0.15, -0.1) is 0 Å². The zero-order valence-electron chi connectivity index (χ0n) is 6.77. The van der Waals surface area contributed by atoms with Crippen molar-refractivity contribution in [3.8, 4) is 0 Å². The Morgan fingerprint density at radius 2 is 2.10 bits per heavy atom. The SMILES string of the molecule is CCOCCN(C)CCBr. The third kappa shape index (κ3) is 6.52. The predicted molar refractivity (Wildman–Crippen MR) is 47.8 cm³/mol. The summed E-state index contributed by atoms with van der Waals surface area (Å²) in [5.74, 6) is 0. The molecule has 0 rings (SSSR count). The van der Waals surface area contributed by atoms with Gasteiger partial charge >= 0.3 is 0 Å². The summed E-state index contributed by atoms with van der Waals surface area (Å²) in [5.41, 5.74) is 0. The molecule has 62 valence electrons. The molecule has 0 aromatic heterocycles. The normalized spacial score (nSPS) is 10.8. The Morgan fingerprint density at radius 1 is 1.40 bits per heavy atom. The lowest BCUT2D eigenvalue weighted by atomic mass is 10.5. The van der Waals surface area contributed by atoms with Gasteiger partial charge in [-0.25, -0.2) is 0 Å². The average Bonchev–Trinajstić information content (AvgIpc) is 1.89. The molecule has 0 aliphatic heterocycles. The average molecular weight is 210 g/mol. The van der Waals surface area contributed by atoms with Gasteiger partial charge in [-0.2, -0.15) is 0 Å². The van der Waals surface area contributed by atoms with Gasteiger partial charge in [-0.1, -0.05) is 15.9 Å². The molecule has 0 saturated carbocycles. The van der Waals surface area contributed by atoms with E-state index in [-0.39, 0.29) is 0 Å². The van der Waals surface area contributed by atoms with Gasteiger partial charge in [0.15, 0.2) is 0 Å². The van der Waals surface area contributed by atoms with E-state index in [1.165, 1.54) is 0 Å². The summed E-state index contributed by atoms with van der Waals surface area (Å²) in [6.07, 6.45) is 0. The number of hydrogen-bond donors (Lipinski definition) is 0. The van der Waals surface area contributed by atoms with Crippen LogP contribution in [0.1, 0.15) is 6.92 Å². The Bertz CT molecular complexity index is 70.6. The second-order valence-corrected chi connectivity index (χ2v) is 2.98. The van der Waals surface area contributed by atoms with Crippen LogP contribution in [-0.4, -0.2) is 43.6 Å². The highest BCUT2D eigenvalue weighted by molar-refractivity contribution is 9.09. The van der Waals surface area contributed by atoms with Crippen LogP contribution in [0, 0.1) is 0 Å². The molecule has 0 heterocycles. The number of hydrogen-bond acceptors (Lipinski definition) is 2. The molecular weight excluding hydrogens is 194 g/mol. The van der Waals surface area contributed by atoms with Gasteiger partial charge in [-0.3, -0.25) is 0 Å². The summed E-state index contributed by atoms with van der Waals surface area (Å²) in [4.78, 5) is 2.24. The molecule has 3 heteroatoms. The molecule has 0 bridgehead atoms. The molecule has 0 aromatic carbocycles. The van der Waals surface area contributed by atoms with E-state index in [2.05, 4.69) is 27.9 Å². The van der Waals surface area contributed by atoms with Crippen LogP contribution in [0.5, 0.6) is 0 Å². The van der Waals surface area contributed by atoms with E-state index < -0.39 is 0 Å². The number of nitrogens with zero attached hydrogens (tertiary/aromatic N) is 1. The van der Waals surface area contributed by atoms with Gasteiger partial charge in [0.2, 0.25) is 0 Å². The standard InChI is InChI=1S/C7H16BrNO/c1-3-10-7-6-9(2)5-4-8/h3-7H2,1-2H3. The third-order valence-corrected chi connectivity index (χ3v) is 1.64. The Labute approximate surface area is 71.7 Å². The molecule has 0 saturated heterocycles. The molecular formula is C7H16BrNO. The molecule has 0 N–H and O–H groups in total. The number of ether oxygens (including phenoxy) is 1. The molecule has 0 aliphatic rings. The number of rotatable bonds is 6. The Kier molecular flexibility index (Phi) is 7.81. The molecule has 0 amide bonds. The largest absolute Gasteiger partial charge is 0.380 e. The number of halogens is 1. The lowest BCUT2D eigenvalue weighted by molar-refractivity contribution is 0.124. The summed E-state index contributed by atoms with van der Waals surface area (Å²) in [5, 5.41) is 1.04. The van der Waals surface area contributed by atoms with E-state index in [0.717, 1.165) is 31.6 Å². The van der Waals surface area contributed by atoms with E-state index in [4.69, 9.17) is 4.74 Å². The first kappa shape index (κ1) is 10.4. The lowest BCUT2D eigenvalue weighted by Gasteiger charge is -2.13. The van der Waals surface area contributed by atoms with Crippen molar-refractivity contribution >= 4 is 15.9 Å². The fraction of sp³-hybridized carbons (Fsp3) is 1.00. The van der Waals surface area contributed by atoms with E-state index in [9.17, 15) is 0 Å². The van der Waals surface area contributed by atoms with Gasteiger partial charge in [0.25, 0.3) is 0 Å². The molecule has 0 aromatic rings. The molecule has 10 heavy (non-hydrogen) atoms. The van der Waals surface area contributed by atoms with Crippen molar-refractivity contribution in [1.29, 1.82) is 0 Å². The highest BCUT2D eigenvalue weighted by Crippen LogP contribution is 1.86. The van der Waals surface area contributed by atoms with Crippen molar-refractivity contribution < 1.29 is 4.74 Å². The maximum absolute atomic E-state index is 5.19. The first-order valence-electron chi connectivity index (χ1n) is 3.63. The number of likely N-dealkylation sites (N-methyl/N-ethyl adjacent to an activating group) is 1. The molecule has 0 aliphatic carbocycles. The van der Waals surface area contributed by atoms with Crippen molar-refractivity contribution in [1.82, 2.24) is 4.90 Å². The minimum atomic E-state index is 0.822. The fourth-order valence-corrected chi connectivity index (χ4v) is 1.23. The molecule has 0 fully saturated rings. The molecule has 2 nitrogen and oxygen atoms in total. The topological polar surface area (TPSA) is 12.5 Å². The minimum absolute atomic E-state index is 0.822. The maximum Gasteiger partial charge on any atom is 0.0593 e. The van der Waals surface area contributed by atoms with Crippen LogP contribution in [0.2, 0.25) is 0 Å². The molecule has 0 unspecified atom stereocenters. The fourth-order valence-electron chi connectivity index (χ4n) is 0.621. The Morgan fingerprint density at radius 3 is 2.60 bits per heavy atom. The zero-order chi connectivity index (χ0) is 7.82. The van der Waals surface area contributed by atoms with E-state index >= 15 is 0 Å². The van der Waals surface area contributed by atoms with Gasteiger partial charge in [0.05, 0.1) is 6.61 Å². The summed E-state index contributed by atoms with van der Waals surface area (Å²) < 4.78 is 5.19. The van der Waals surface area contributed by atoms with Gasteiger partial charge in [0.1, 0.15) is 0 Å². The summed E-state index contributed by atoms with van der Waals surface area (Å²) in [6, 6.07) is 0. The summed E-state index contributed by atoms with van der Waals surface area (Å²) in [7, 11) is 2.10. The van der Waals surface area contributed by atoms with E-state index in [1.54, 1.807) is 0 Å². The summed E-state index contributed by atoms with van der Waals surface area (Å²) >= 11 is 3.38. The zero-order valence-corrected chi connectivity index (χ0v) is 8.35.